The molecule has 1 aromatic carbocycles. The number of hydrazine groups is 1. The third-order valence-corrected chi connectivity index (χ3v) is 3.20. The minimum absolute atomic E-state index is 0.323. The smallest absolute Gasteiger partial charge is 0.143 e. The van der Waals surface area contributed by atoms with Crippen LogP contribution in [0.3, 0.4) is 0 Å². The van der Waals surface area contributed by atoms with Crippen LogP contribution < -0.4 is 11.3 Å². The number of rotatable bonds is 3. The van der Waals surface area contributed by atoms with Gasteiger partial charge in [0, 0.05) is 11.5 Å². The van der Waals surface area contributed by atoms with Gasteiger partial charge in [-0.1, -0.05) is 13.3 Å². The van der Waals surface area contributed by atoms with Crippen LogP contribution in [-0.2, 0) is 6.42 Å². The number of halogens is 2. The van der Waals surface area contributed by atoms with E-state index in [1.54, 1.807) is 6.07 Å². The molecule has 0 bridgehead atoms. The molecule has 2 aromatic rings. The van der Waals surface area contributed by atoms with E-state index in [2.05, 4.69) is 33.3 Å². The Kier molecular flexibility index (Phi) is 3.59. The first-order chi connectivity index (χ1) is 8.15. The molecular formula is C12H13BrFN3. The van der Waals surface area contributed by atoms with Crippen molar-refractivity contribution in [3.63, 3.8) is 0 Å². The monoisotopic (exact) mass is 297 g/mol. The molecule has 3 N–H and O–H groups in total. The fraction of sp³-hybridized carbons (Fsp3) is 0.250. The number of nitrogen functional groups attached to an aromatic ring is 1. The van der Waals surface area contributed by atoms with E-state index in [0.29, 0.717) is 15.8 Å². The summed E-state index contributed by atoms with van der Waals surface area (Å²) < 4.78 is 13.8. The van der Waals surface area contributed by atoms with Crippen LogP contribution in [0.5, 0.6) is 0 Å². The van der Waals surface area contributed by atoms with Crippen molar-refractivity contribution in [2.75, 3.05) is 5.43 Å². The van der Waals surface area contributed by atoms with Crippen LogP contribution in [0.15, 0.2) is 22.7 Å². The van der Waals surface area contributed by atoms with Crippen molar-refractivity contribution in [2.45, 2.75) is 19.8 Å². The van der Waals surface area contributed by atoms with E-state index >= 15 is 0 Å². The Morgan fingerprint density at radius 3 is 2.82 bits per heavy atom. The molecule has 0 fully saturated rings. The van der Waals surface area contributed by atoms with E-state index in [0.717, 1.165) is 23.8 Å². The van der Waals surface area contributed by atoms with Gasteiger partial charge in [-0.25, -0.2) is 15.2 Å². The van der Waals surface area contributed by atoms with Crippen LogP contribution in [0, 0.1) is 5.82 Å². The summed E-state index contributed by atoms with van der Waals surface area (Å²) in [4.78, 5) is 4.32. The number of fused-ring (bicyclic) bond motifs is 1. The Balaban J connectivity index is 2.65. The van der Waals surface area contributed by atoms with Crippen LogP contribution >= 0.6 is 15.9 Å². The lowest BCUT2D eigenvalue weighted by atomic mass is 10.1. The summed E-state index contributed by atoms with van der Waals surface area (Å²) in [6.07, 6.45) is 1.89. The van der Waals surface area contributed by atoms with E-state index in [4.69, 9.17) is 5.84 Å². The fourth-order valence-corrected chi connectivity index (χ4v) is 2.16. The average molecular weight is 298 g/mol. The van der Waals surface area contributed by atoms with Gasteiger partial charge in [-0.05, 0) is 40.0 Å². The molecule has 0 unspecified atom stereocenters. The van der Waals surface area contributed by atoms with Crippen molar-refractivity contribution in [3.8, 4) is 0 Å². The second-order valence-electron chi connectivity index (χ2n) is 3.85. The Bertz CT molecular complexity index is 557. The van der Waals surface area contributed by atoms with Crippen LogP contribution in [0.2, 0.25) is 0 Å². The summed E-state index contributed by atoms with van der Waals surface area (Å²) in [5.41, 5.74) is 4.20. The number of hydrogen-bond donors (Lipinski definition) is 2. The minimum Gasteiger partial charge on any atom is -0.308 e. The molecule has 0 amide bonds. The van der Waals surface area contributed by atoms with Crippen molar-refractivity contribution in [1.82, 2.24) is 4.98 Å². The van der Waals surface area contributed by atoms with Crippen molar-refractivity contribution in [2.24, 2.45) is 5.84 Å². The maximum Gasteiger partial charge on any atom is 0.143 e. The number of aromatic nitrogens is 1. The van der Waals surface area contributed by atoms with Crippen LogP contribution in [0.25, 0.3) is 10.9 Å². The molecule has 3 nitrogen and oxygen atoms in total. The van der Waals surface area contributed by atoms with Crippen LogP contribution in [0.1, 0.15) is 18.9 Å². The van der Waals surface area contributed by atoms with Gasteiger partial charge >= 0.3 is 0 Å². The van der Waals surface area contributed by atoms with E-state index in [-0.39, 0.29) is 5.82 Å². The Hall–Kier alpha value is -1.20. The molecule has 90 valence electrons. The summed E-state index contributed by atoms with van der Waals surface area (Å²) in [5.74, 6) is 5.71. The average Bonchev–Trinajstić information content (AvgIpc) is 2.31. The highest BCUT2D eigenvalue weighted by molar-refractivity contribution is 9.10. The maximum absolute atomic E-state index is 13.4. The van der Waals surface area contributed by atoms with Crippen molar-refractivity contribution in [3.05, 3.63) is 34.1 Å². The molecule has 0 aliphatic rings. The Morgan fingerprint density at radius 2 is 2.18 bits per heavy atom. The second-order valence-corrected chi connectivity index (χ2v) is 4.70. The Morgan fingerprint density at radius 1 is 1.41 bits per heavy atom. The topological polar surface area (TPSA) is 50.9 Å². The van der Waals surface area contributed by atoms with Crippen molar-refractivity contribution >= 4 is 32.7 Å². The third kappa shape index (κ3) is 2.40. The molecule has 0 atom stereocenters. The minimum atomic E-state index is -0.323. The SMILES string of the molecule is CCCc1cc2cc(Br)c(F)cc2nc1NN. The zero-order chi connectivity index (χ0) is 12.4. The molecule has 0 aliphatic heterocycles. The quantitative estimate of drug-likeness (QED) is 0.674. The molecule has 0 radical (unpaired) electrons. The molecule has 0 saturated heterocycles. The number of nitrogens with one attached hydrogen (secondary N) is 1. The summed E-state index contributed by atoms with van der Waals surface area (Å²) >= 11 is 3.17. The molecular weight excluding hydrogens is 285 g/mol. The summed E-state index contributed by atoms with van der Waals surface area (Å²) in [7, 11) is 0. The van der Waals surface area contributed by atoms with Gasteiger partial charge in [0.05, 0.1) is 9.99 Å². The van der Waals surface area contributed by atoms with Crippen molar-refractivity contribution in [1.29, 1.82) is 0 Å². The summed E-state index contributed by atoms with van der Waals surface area (Å²) in [6, 6.07) is 5.12. The predicted molar refractivity (Wildman–Crippen MR) is 71.2 cm³/mol. The van der Waals surface area contributed by atoms with E-state index in [9.17, 15) is 4.39 Å². The van der Waals surface area contributed by atoms with Gasteiger partial charge in [0.25, 0.3) is 0 Å². The number of nitrogens with two attached hydrogens (primary N) is 1. The number of hydrogen-bond acceptors (Lipinski definition) is 3. The first-order valence-electron chi connectivity index (χ1n) is 5.41. The lowest BCUT2D eigenvalue weighted by molar-refractivity contribution is 0.623. The number of nitrogens with zero attached hydrogens (tertiary/aromatic N) is 1. The van der Waals surface area contributed by atoms with E-state index in [1.807, 2.05) is 6.07 Å². The number of benzene rings is 1. The van der Waals surface area contributed by atoms with E-state index in [1.165, 1.54) is 6.07 Å². The molecule has 1 heterocycles. The number of aryl methyl sites for hydroxylation is 1. The van der Waals surface area contributed by atoms with Gasteiger partial charge in [0.1, 0.15) is 11.6 Å². The lowest BCUT2D eigenvalue weighted by Crippen LogP contribution is -2.11. The second kappa shape index (κ2) is 4.98. The number of pyridine rings is 1. The highest BCUT2D eigenvalue weighted by atomic mass is 79.9. The van der Waals surface area contributed by atoms with E-state index < -0.39 is 0 Å². The summed E-state index contributed by atoms with van der Waals surface area (Å²) in [6.45, 7) is 2.09. The fourth-order valence-electron chi connectivity index (χ4n) is 1.80. The van der Waals surface area contributed by atoms with Gasteiger partial charge in [-0.15, -0.1) is 0 Å². The summed E-state index contributed by atoms with van der Waals surface area (Å²) in [5, 5.41) is 0.903. The predicted octanol–water partition coefficient (Wildman–Crippen LogP) is 3.37. The zero-order valence-electron chi connectivity index (χ0n) is 9.43. The molecule has 1 aromatic heterocycles. The first kappa shape index (κ1) is 12.3. The first-order valence-corrected chi connectivity index (χ1v) is 6.20. The molecule has 17 heavy (non-hydrogen) atoms. The highest BCUT2D eigenvalue weighted by Crippen LogP contribution is 2.26. The number of anilines is 1. The van der Waals surface area contributed by atoms with Gasteiger partial charge < -0.3 is 5.43 Å². The van der Waals surface area contributed by atoms with Gasteiger partial charge in [-0.3, -0.25) is 0 Å². The largest absolute Gasteiger partial charge is 0.308 e. The van der Waals surface area contributed by atoms with Gasteiger partial charge in [-0.2, -0.15) is 0 Å². The molecule has 0 saturated carbocycles. The lowest BCUT2D eigenvalue weighted by Gasteiger charge is -2.09. The maximum atomic E-state index is 13.4. The molecule has 0 spiro atoms. The van der Waals surface area contributed by atoms with Gasteiger partial charge in [0.15, 0.2) is 0 Å². The van der Waals surface area contributed by atoms with Crippen LogP contribution in [0.4, 0.5) is 10.2 Å². The zero-order valence-corrected chi connectivity index (χ0v) is 11.0. The normalized spacial score (nSPS) is 10.8. The standard InChI is InChI=1S/C12H13BrFN3/c1-2-3-7-4-8-5-9(13)10(14)6-11(8)16-12(7)17-15/h4-6H,2-3,15H2,1H3,(H,16,17). The molecule has 0 aliphatic carbocycles. The highest BCUT2D eigenvalue weighted by Gasteiger charge is 2.08. The van der Waals surface area contributed by atoms with Gasteiger partial charge in [0.2, 0.25) is 0 Å². The molecule has 5 heteroatoms. The Labute approximate surface area is 107 Å². The molecule has 2 rings (SSSR count). The third-order valence-electron chi connectivity index (χ3n) is 2.59. The van der Waals surface area contributed by atoms with Crippen molar-refractivity contribution < 1.29 is 4.39 Å². The van der Waals surface area contributed by atoms with Crippen LogP contribution in [-0.4, -0.2) is 4.98 Å².